The number of benzene rings is 1. The molecule has 1 aromatic rings. The molecule has 0 bridgehead atoms. The summed E-state index contributed by atoms with van der Waals surface area (Å²) in [5, 5.41) is 3.46. The van der Waals surface area contributed by atoms with Crippen molar-refractivity contribution in [1.82, 2.24) is 5.32 Å². The highest BCUT2D eigenvalue weighted by Gasteiger charge is 2.50. The van der Waals surface area contributed by atoms with Gasteiger partial charge in [0.2, 0.25) is 0 Å². The van der Waals surface area contributed by atoms with Crippen LogP contribution in [0.1, 0.15) is 45.7 Å². The number of hydrogen-bond acceptors (Lipinski definition) is 2. The van der Waals surface area contributed by atoms with Gasteiger partial charge in [-0.3, -0.25) is 0 Å². The van der Waals surface area contributed by atoms with E-state index >= 15 is 0 Å². The Kier molecular flexibility index (Phi) is 3.67. The predicted molar refractivity (Wildman–Crippen MR) is 75.9 cm³/mol. The van der Waals surface area contributed by atoms with Crippen LogP contribution in [0.3, 0.4) is 0 Å². The van der Waals surface area contributed by atoms with Gasteiger partial charge in [0.05, 0.1) is 6.10 Å². The standard InChI is InChI=1S/C16H25NO/c1-11(2)18-13-8-6-7-12(9-13)15(17-5)14-10-16(14,3)4/h6-9,11,14-15,17H,10H2,1-5H3. The molecule has 2 unspecified atom stereocenters. The Labute approximate surface area is 111 Å². The summed E-state index contributed by atoms with van der Waals surface area (Å²) in [6.45, 7) is 8.81. The van der Waals surface area contributed by atoms with Crippen molar-refractivity contribution in [1.29, 1.82) is 0 Å². The first kappa shape index (κ1) is 13.4. The van der Waals surface area contributed by atoms with E-state index in [0.29, 0.717) is 11.5 Å². The maximum Gasteiger partial charge on any atom is 0.120 e. The van der Waals surface area contributed by atoms with Crippen molar-refractivity contribution >= 4 is 0 Å². The largest absolute Gasteiger partial charge is 0.491 e. The average Bonchev–Trinajstić information content (AvgIpc) is 2.88. The van der Waals surface area contributed by atoms with Crippen molar-refractivity contribution < 1.29 is 4.74 Å². The topological polar surface area (TPSA) is 21.3 Å². The summed E-state index contributed by atoms with van der Waals surface area (Å²) in [4.78, 5) is 0. The molecule has 100 valence electrons. The van der Waals surface area contributed by atoms with Crippen LogP contribution in [0.4, 0.5) is 0 Å². The van der Waals surface area contributed by atoms with E-state index in [-0.39, 0.29) is 6.10 Å². The summed E-state index contributed by atoms with van der Waals surface area (Å²) in [6, 6.07) is 8.94. The molecule has 1 N–H and O–H groups in total. The monoisotopic (exact) mass is 247 g/mol. The molecule has 0 aliphatic heterocycles. The highest BCUT2D eigenvalue weighted by molar-refractivity contribution is 5.32. The van der Waals surface area contributed by atoms with E-state index in [1.807, 2.05) is 6.07 Å². The molecule has 1 fully saturated rings. The third-order valence-corrected chi connectivity index (χ3v) is 3.89. The third-order valence-electron chi connectivity index (χ3n) is 3.89. The first-order valence-corrected chi connectivity index (χ1v) is 6.88. The minimum atomic E-state index is 0.227. The molecule has 1 aromatic carbocycles. The number of ether oxygens (including phenoxy) is 1. The average molecular weight is 247 g/mol. The molecule has 1 aliphatic carbocycles. The van der Waals surface area contributed by atoms with Crippen LogP contribution in [0.25, 0.3) is 0 Å². The fourth-order valence-corrected chi connectivity index (χ4v) is 2.73. The summed E-state index contributed by atoms with van der Waals surface area (Å²) >= 11 is 0. The van der Waals surface area contributed by atoms with Gasteiger partial charge in [0, 0.05) is 6.04 Å². The SMILES string of the molecule is CNC(c1cccc(OC(C)C)c1)C1CC1(C)C. The first-order valence-electron chi connectivity index (χ1n) is 6.88. The van der Waals surface area contributed by atoms with Gasteiger partial charge in [-0.05, 0) is 56.3 Å². The Balaban J connectivity index is 2.16. The number of rotatable bonds is 5. The van der Waals surface area contributed by atoms with E-state index in [1.54, 1.807) is 0 Å². The lowest BCUT2D eigenvalue weighted by atomic mass is 9.97. The van der Waals surface area contributed by atoms with Crippen LogP contribution in [0.15, 0.2) is 24.3 Å². The van der Waals surface area contributed by atoms with E-state index in [9.17, 15) is 0 Å². The summed E-state index contributed by atoms with van der Waals surface area (Å²) < 4.78 is 5.77. The van der Waals surface area contributed by atoms with Gasteiger partial charge in [0.25, 0.3) is 0 Å². The Bertz CT molecular complexity index is 411. The van der Waals surface area contributed by atoms with Gasteiger partial charge in [-0.1, -0.05) is 26.0 Å². The fraction of sp³-hybridized carbons (Fsp3) is 0.625. The molecule has 0 heterocycles. The van der Waals surface area contributed by atoms with Gasteiger partial charge >= 0.3 is 0 Å². The van der Waals surface area contributed by atoms with Crippen molar-refractivity contribution in [2.45, 2.75) is 46.3 Å². The molecule has 2 heteroatoms. The lowest BCUT2D eigenvalue weighted by Gasteiger charge is -2.20. The molecule has 0 saturated heterocycles. The van der Waals surface area contributed by atoms with Crippen LogP contribution in [0, 0.1) is 11.3 Å². The normalized spacial score (nSPS) is 22.9. The van der Waals surface area contributed by atoms with Crippen molar-refractivity contribution in [2.24, 2.45) is 11.3 Å². The van der Waals surface area contributed by atoms with Gasteiger partial charge in [-0.25, -0.2) is 0 Å². The Morgan fingerprint density at radius 3 is 2.50 bits per heavy atom. The third kappa shape index (κ3) is 2.86. The van der Waals surface area contributed by atoms with Crippen molar-refractivity contribution in [3.63, 3.8) is 0 Å². The van der Waals surface area contributed by atoms with E-state index in [1.165, 1.54) is 12.0 Å². The summed E-state index contributed by atoms with van der Waals surface area (Å²) in [7, 11) is 2.05. The molecule has 18 heavy (non-hydrogen) atoms. The maximum absolute atomic E-state index is 5.77. The molecule has 0 aromatic heterocycles. The summed E-state index contributed by atoms with van der Waals surface area (Å²) in [5.74, 6) is 1.71. The Morgan fingerprint density at radius 1 is 1.33 bits per heavy atom. The van der Waals surface area contributed by atoms with Gasteiger partial charge in [-0.15, -0.1) is 0 Å². The van der Waals surface area contributed by atoms with Crippen molar-refractivity contribution in [2.75, 3.05) is 7.05 Å². The quantitative estimate of drug-likeness (QED) is 0.855. The zero-order chi connectivity index (χ0) is 13.3. The zero-order valence-corrected chi connectivity index (χ0v) is 12.2. The maximum atomic E-state index is 5.77. The first-order chi connectivity index (χ1) is 8.44. The van der Waals surface area contributed by atoms with Gasteiger partial charge < -0.3 is 10.1 Å². The summed E-state index contributed by atoms with van der Waals surface area (Å²) in [6.07, 6.45) is 1.53. The highest BCUT2D eigenvalue weighted by atomic mass is 16.5. The molecule has 1 saturated carbocycles. The molecule has 0 amide bonds. The smallest absolute Gasteiger partial charge is 0.120 e. The van der Waals surface area contributed by atoms with Gasteiger partial charge in [0.15, 0.2) is 0 Å². The van der Waals surface area contributed by atoms with Crippen LogP contribution in [-0.2, 0) is 0 Å². The lowest BCUT2D eigenvalue weighted by Crippen LogP contribution is -2.20. The van der Waals surface area contributed by atoms with Crippen LogP contribution < -0.4 is 10.1 Å². The van der Waals surface area contributed by atoms with Gasteiger partial charge in [0.1, 0.15) is 5.75 Å². The zero-order valence-electron chi connectivity index (χ0n) is 12.2. The molecule has 2 rings (SSSR count). The molecule has 2 nitrogen and oxygen atoms in total. The van der Waals surface area contributed by atoms with E-state index < -0.39 is 0 Å². The molecule has 0 radical (unpaired) electrons. The fourth-order valence-electron chi connectivity index (χ4n) is 2.73. The lowest BCUT2D eigenvalue weighted by molar-refractivity contribution is 0.242. The second-order valence-electron chi connectivity index (χ2n) is 6.30. The molecular weight excluding hydrogens is 222 g/mol. The van der Waals surface area contributed by atoms with E-state index in [4.69, 9.17) is 4.74 Å². The van der Waals surface area contributed by atoms with Crippen LogP contribution >= 0.6 is 0 Å². The minimum absolute atomic E-state index is 0.227. The van der Waals surface area contributed by atoms with Crippen LogP contribution in [0.2, 0.25) is 0 Å². The Morgan fingerprint density at radius 2 is 2.00 bits per heavy atom. The van der Waals surface area contributed by atoms with E-state index in [2.05, 4.69) is 58.3 Å². The summed E-state index contributed by atoms with van der Waals surface area (Å²) in [5.41, 5.74) is 1.81. The molecule has 0 spiro atoms. The second kappa shape index (κ2) is 4.93. The highest BCUT2D eigenvalue weighted by Crippen LogP contribution is 2.57. The van der Waals surface area contributed by atoms with Crippen LogP contribution in [0.5, 0.6) is 5.75 Å². The molecule has 2 atom stereocenters. The van der Waals surface area contributed by atoms with Crippen molar-refractivity contribution in [3.8, 4) is 5.75 Å². The minimum Gasteiger partial charge on any atom is -0.491 e. The molecule has 1 aliphatic rings. The predicted octanol–water partition coefficient (Wildman–Crippen LogP) is 3.78. The number of hydrogen-bond donors (Lipinski definition) is 1. The molecular formula is C16H25NO. The Hall–Kier alpha value is -1.02. The van der Waals surface area contributed by atoms with Gasteiger partial charge in [-0.2, -0.15) is 0 Å². The van der Waals surface area contributed by atoms with E-state index in [0.717, 1.165) is 11.7 Å². The van der Waals surface area contributed by atoms with Crippen molar-refractivity contribution in [3.05, 3.63) is 29.8 Å². The second-order valence-corrected chi connectivity index (χ2v) is 6.30. The van der Waals surface area contributed by atoms with Crippen LogP contribution in [-0.4, -0.2) is 13.2 Å². The number of nitrogens with one attached hydrogen (secondary N) is 1.